The van der Waals surface area contributed by atoms with E-state index in [1.807, 2.05) is 0 Å². The van der Waals surface area contributed by atoms with Gasteiger partial charge in [-0.05, 0) is 38.7 Å². The van der Waals surface area contributed by atoms with Crippen LogP contribution in [0.1, 0.15) is 65.2 Å². The highest BCUT2D eigenvalue weighted by Gasteiger charge is 2.44. The molecule has 3 amide bonds. The van der Waals surface area contributed by atoms with Gasteiger partial charge in [0.2, 0.25) is 11.8 Å². The minimum atomic E-state index is -1.38. The summed E-state index contributed by atoms with van der Waals surface area (Å²) in [7, 11) is 0. The molecule has 4 unspecified atom stereocenters. The molecule has 0 spiro atoms. The number of hydrogen-bond donors (Lipinski definition) is 5. The molecule has 1 saturated heterocycles. The Bertz CT molecular complexity index is 807. The molecular formula is C22H34FN3O7S. The Kier molecular flexibility index (Phi) is 11.5. The fourth-order valence-corrected chi connectivity index (χ4v) is 4.44. The smallest absolute Gasteiger partial charge is 0.283 e. The van der Waals surface area contributed by atoms with Crippen LogP contribution < -0.4 is 10.8 Å². The van der Waals surface area contributed by atoms with Crippen LogP contribution in [0.15, 0.2) is 23.3 Å². The molecule has 0 aromatic carbocycles. The van der Waals surface area contributed by atoms with Crippen molar-refractivity contribution >= 4 is 28.8 Å². The molecule has 5 N–H and O–H groups in total. The van der Waals surface area contributed by atoms with Crippen molar-refractivity contribution < 1.29 is 38.9 Å². The number of aliphatic hydroxyl groups is 2. The summed E-state index contributed by atoms with van der Waals surface area (Å²) in [5, 5.41) is 30.7. The number of amides is 3. The van der Waals surface area contributed by atoms with Gasteiger partial charge >= 0.3 is 0 Å². The Morgan fingerprint density at radius 1 is 1.18 bits per heavy atom. The fourth-order valence-electron chi connectivity index (χ4n) is 3.73. The minimum absolute atomic E-state index is 0.0155. The van der Waals surface area contributed by atoms with Crippen LogP contribution in [0.25, 0.3) is 0 Å². The van der Waals surface area contributed by atoms with Crippen molar-refractivity contribution in [1.82, 2.24) is 15.7 Å². The molecule has 12 heteroatoms. The van der Waals surface area contributed by atoms with E-state index in [2.05, 4.69) is 5.32 Å². The first-order chi connectivity index (χ1) is 16.1. The number of hydrogen-bond acceptors (Lipinski definition) is 8. The van der Waals surface area contributed by atoms with Crippen molar-refractivity contribution in [3.05, 3.63) is 23.3 Å². The molecule has 10 nitrogen and oxygen atoms in total. The molecule has 2 rings (SSSR count). The number of nitrogens with one attached hydrogen (secondary N) is 2. The Morgan fingerprint density at radius 2 is 1.85 bits per heavy atom. The Hall–Kier alpha value is -1.99. The van der Waals surface area contributed by atoms with Gasteiger partial charge in [-0.3, -0.25) is 24.5 Å². The van der Waals surface area contributed by atoms with Gasteiger partial charge in [-0.1, -0.05) is 31.0 Å². The third-order valence-corrected chi connectivity index (χ3v) is 6.66. The van der Waals surface area contributed by atoms with Gasteiger partial charge in [0, 0.05) is 24.8 Å². The number of unbranched alkanes of at least 4 members (excludes halogenated alkanes) is 4. The molecule has 0 aromatic rings. The van der Waals surface area contributed by atoms with Crippen LogP contribution in [0.4, 0.5) is 9.18 Å². The normalized spacial score (nSPS) is 25.6. The SMILES string of the molecule is CC1=C(NC(=O)SCCCCCCCC(=O)NO)C(F)=CN(C2OC(C)C(O)C2O)C(=O)CC1. The molecule has 0 aliphatic carbocycles. The highest BCUT2D eigenvalue weighted by Crippen LogP contribution is 2.29. The van der Waals surface area contributed by atoms with E-state index in [1.54, 1.807) is 19.3 Å². The highest BCUT2D eigenvalue weighted by molar-refractivity contribution is 8.13. The third kappa shape index (κ3) is 8.05. The lowest BCUT2D eigenvalue weighted by Gasteiger charge is -2.29. The van der Waals surface area contributed by atoms with E-state index in [9.17, 15) is 24.6 Å². The first-order valence-electron chi connectivity index (χ1n) is 11.4. The van der Waals surface area contributed by atoms with Gasteiger partial charge in [-0.15, -0.1) is 0 Å². The second-order valence-electron chi connectivity index (χ2n) is 8.46. The number of allylic oxidation sites excluding steroid dienone is 2. The predicted molar refractivity (Wildman–Crippen MR) is 123 cm³/mol. The molecule has 4 atom stereocenters. The number of ether oxygens (including phenoxy) is 1. The summed E-state index contributed by atoms with van der Waals surface area (Å²) in [5.74, 6) is -1.16. The number of hydroxylamine groups is 1. The molecule has 0 aromatic heterocycles. The number of carbonyl (C=O) groups excluding carboxylic acids is 3. The Morgan fingerprint density at radius 3 is 2.50 bits per heavy atom. The van der Waals surface area contributed by atoms with Gasteiger partial charge in [0.25, 0.3) is 5.24 Å². The van der Waals surface area contributed by atoms with Crippen LogP contribution in [0.5, 0.6) is 0 Å². The largest absolute Gasteiger partial charge is 0.388 e. The molecule has 1 fully saturated rings. The molecular weight excluding hydrogens is 469 g/mol. The number of carbonyl (C=O) groups is 3. The molecule has 192 valence electrons. The monoisotopic (exact) mass is 503 g/mol. The summed E-state index contributed by atoms with van der Waals surface area (Å²) in [6.45, 7) is 3.19. The van der Waals surface area contributed by atoms with Gasteiger partial charge in [0.15, 0.2) is 12.1 Å². The molecule has 0 radical (unpaired) electrons. The number of halogens is 1. The second-order valence-corrected chi connectivity index (χ2v) is 9.53. The zero-order valence-electron chi connectivity index (χ0n) is 19.5. The molecule has 2 aliphatic heterocycles. The average molecular weight is 504 g/mol. The number of rotatable bonds is 10. The highest BCUT2D eigenvalue weighted by atomic mass is 32.2. The van der Waals surface area contributed by atoms with E-state index in [4.69, 9.17) is 9.94 Å². The quantitative estimate of drug-likeness (QED) is 0.173. The van der Waals surface area contributed by atoms with Crippen LogP contribution >= 0.6 is 11.8 Å². The van der Waals surface area contributed by atoms with E-state index in [0.717, 1.165) is 48.5 Å². The van der Waals surface area contributed by atoms with Crippen LogP contribution in [-0.2, 0) is 14.3 Å². The second kappa shape index (κ2) is 13.8. The average Bonchev–Trinajstić information content (AvgIpc) is 3.06. The summed E-state index contributed by atoms with van der Waals surface area (Å²) >= 11 is 1.03. The van der Waals surface area contributed by atoms with Gasteiger partial charge in [0.05, 0.1) is 11.8 Å². The van der Waals surface area contributed by atoms with E-state index in [-0.39, 0.29) is 25.0 Å². The van der Waals surface area contributed by atoms with Crippen LogP contribution in [0, 0.1) is 0 Å². The zero-order valence-corrected chi connectivity index (χ0v) is 20.3. The lowest BCUT2D eigenvalue weighted by molar-refractivity contribution is -0.144. The first-order valence-corrected chi connectivity index (χ1v) is 12.4. The van der Waals surface area contributed by atoms with Crippen LogP contribution in [0.2, 0.25) is 0 Å². The van der Waals surface area contributed by atoms with Crippen LogP contribution in [0.3, 0.4) is 0 Å². The Balaban J connectivity index is 1.86. The van der Waals surface area contributed by atoms with Gasteiger partial charge in [-0.25, -0.2) is 9.87 Å². The van der Waals surface area contributed by atoms with Gasteiger partial charge in [0.1, 0.15) is 12.2 Å². The molecule has 2 aliphatic rings. The maximum atomic E-state index is 15.1. The zero-order chi connectivity index (χ0) is 25.3. The number of nitrogens with zero attached hydrogens (tertiary/aromatic N) is 1. The maximum Gasteiger partial charge on any atom is 0.283 e. The van der Waals surface area contributed by atoms with E-state index < -0.39 is 47.4 Å². The standard InChI is InChI=1S/C22H34FN3O7S/c1-13-9-10-17(28)26(21-20(30)19(29)14(2)33-21)12-15(23)18(13)24-22(31)34-11-7-5-3-4-6-8-16(27)25-32/h12,14,19-21,29-30,32H,3-11H2,1-2H3,(H,24,31)(H,25,27). The molecule has 34 heavy (non-hydrogen) atoms. The third-order valence-electron chi connectivity index (χ3n) is 5.80. The summed E-state index contributed by atoms with van der Waals surface area (Å²) < 4.78 is 20.5. The van der Waals surface area contributed by atoms with E-state index in [1.165, 1.54) is 0 Å². The summed E-state index contributed by atoms with van der Waals surface area (Å²) in [6, 6.07) is 0. The van der Waals surface area contributed by atoms with Gasteiger partial charge < -0.3 is 20.3 Å². The topological polar surface area (TPSA) is 148 Å². The van der Waals surface area contributed by atoms with Crippen molar-refractivity contribution in [2.45, 2.75) is 89.8 Å². The van der Waals surface area contributed by atoms with Gasteiger partial charge in [-0.2, -0.15) is 0 Å². The summed E-state index contributed by atoms with van der Waals surface area (Å²) in [4.78, 5) is 36.8. The minimum Gasteiger partial charge on any atom is -0.388 e. The van der Waals surface area contributed by atoms with Crippen LogP contribution in [-0.4, -0.2) is 67.7 Å². The lowest BCUT2D eigenvalue weighted by atomic mass is 10.1. The molecule has 0 saturated carbocycles. The lowest BCUT2D eigenvalue weighted by Crippen LogP contribution is -2.45. The number of aliphatic hydroxyl groups excluding tert-OH is 2. The summed E-state index contributed by atoms with van der Waals surface area (Å²) in [6.07, 6.45) is 0.976. The Labute approximate surface area is 202 Å². The molecule has 0 bridgehead atoms. The predicted octanol–water partition coefficient (Wildman–Crippen LogP) is 2.45. The van der Waals surface area contributed by atoms with Crippen molar-refractivity contribution in [2.75, 3.05) is 5.75 Å². The maximum absolute atomic E-state index is 15.1. The summed E-state index contributed by atoms with van der Waals surface area (Å²) in [5.41, 5.74) is 2.09. The van der Waals surface area contributed by atoms with E-state index >= 15 is 4.39 Å². The van der Waals surface area contributed by atoms with Crippen molar-refractivity contribution in [2.24, 2.45) is 0 Å². The fraction of sp³-hybridized carbons (Fsp3) is 0.682. The molecule has 2 heterocycles. The van der Waals surface area contributed by atoms with Crippen molar-refractivity contribution in [3.8, 4) is 0 Å². The van der Waals surface area contributed by atoms with Crippen molar-refractivity contribution in [1.29, 1.82) is 0 Å². The van der Waals surface area contributed by atoms with Crippen molar-refractivity contribution in [3.63, 3.8) is 0 Å². The number of thioether (sulfide) groups is 1. The van der Waals surface area contributed by atoms with E-state index in [0.29, 0.717) is 17.7 Å². The first kappa shape index (κ1) is 28.2.